The number of nitrogens with zero attached hydrogens (tertiary/aromatic N) is 1. The number of halogens is 5. The van der Waals surface area contributed by atoms with Crippen molar-refractivity contribution >= 4 is 22.9 Å². The van der Waals surface area contributed by atoms with Crippen LogP contribution in [0.4, 0.5) is 23.2 Å². The number of alkyl halides is 3. The molecule has 8 heteroatoms. The number of nitrogens with two attached hydrogens (primary N) is 1. The fraction of sp³-hybridized carbons (Fsp3) is 0.207. The fourth-order valence-corrected chi connectivity index (χ4v) is 4.92. The molecule has 3 nitrogen and oxygen atoms in total. The van der Waals surface area contributed by atoms with Gasteiger partial charge in [0.15, 0.2) is 0 Å². The molecular weight excluding hydrogens is 502 g/mol. The van der Waals surface area contributed by atoms with Crippen LogP contribution < -0.4 is 11.1 Å². The van der Waals surface area contributed by atoms with Crippen molar-refractivity contribution in [3.63, 3.8) is 0 Å². The molecule has 0 aliphatic heterocycles. The minimum absolute atomic E-state index is 0.245. The highest BCUT2D eigenvalue weighted by Crippen LogP contribution is 2.50. The lowest BCUT2D eigenvalue weighted by Gasteiger charge is -2.40. The number of allylic oxidation sites excluding steroid dienone is 3. The Morgan fingerprint density at radius 3 is 2.51 bits per heavy atom. The molecule has 1 heterocycles. The molecule has 1 atom stereocenters. The van der Waals surface area contributed by atoms with Crippen LogP contribution >= 0.6 is 11.6 Å². The Bertz CT molecular complexity index is 1330. The standard InChI is InChI=1S/C29H26ClF4N3/c1-19(27-4-2-3-15-36-27)28(18-20-5-10-26(30)25(16-20)29(32,33)34)13-11-24(17-21(28)12-14-35)37-23-8-6-22(31)7-9-23/h2-11,15-17,37H,1,12-14,18,35H2. The van der Waals surface area contributed by atoms with Crippen LogP contribution in [-0.4, -0.2) is 11.5 Å². The van der Waals surface area contributed by atoms with Crippen LogP contribution in [0.1, 0.15) is 29.7 Å². The summed E-state index contributed by atoms with van der Waals surface area (Å²) in [6.07, 6.45) is 2.19. The third kappa shape index (κ3) is 5.95. The van der Waals surface area contributed by atoms with Crippen molar-refractivity contribution in [3.8, 4) is 0 Å². The zero-order valence-corrected chi connectivity index (χ0v) is 20.7. The van der Waals surface area contributed by atoms with Gasteiger partial charge in [0.1, 0.15) is 5.82 Å². The minimum Gasteiger partial charge on any atom is -0.356 e. The van der Waals surface area contributed by atoms with Crippen molar-refractivity contribution < 1.29 is 17.6 Å². The van der Waals surface area contributed by atoms with Crippen molar-refractivity contribution in [3.05, 3.63) is 125 Å². The molecule has 2 aromatic carbocycles. The molecule has 1 aliphatic rings. The summed E-state index contributed by atoms with van der Waals surface area (Å²) in [7, 11) is 0. The lowest BCUT2D eigenvalue weighted by Crippen LogP contribution is -2.31. The lowest BCUT2D eigenvalue weighted by atomic mass is 9.64. The van der Waals surface area contributed by atoms with Gasteiger partial charge in [-0.25, -0.2) is 4.39 Å². The predicted molar refractivity (Wildman–Crippen MR) is 140 cm³/mol. The van der Waals surface area contributed by atoms with Gasteiger partial charge in [0.2, 0.25) is 0 Å². The normalized spacial score (nSPS) is 17.7. The van der Waals surface area contributed by atoms with Crippen LogP contribution in [0.5, 0.6) is 0 Å². The predicted octanol–water partition coefficient (Wildman–Crippen LogP) is 7.81. The highest BCUT2D eigenvalue weighted by Gasteiger charge is 2.40. The Morgan fingerprint density at radius 2 is 1.86 bits per heavy atom. The molecule has 0 bridgehead atoms. The van der Waals surface area contributed by atoms with Gasteiger partial charge in [-0.05, 0) is 91.6 Å². The Labute approximate surface area is 218 Å². The molecule has 0 saturated heterocycles. The second-order valence-corrected chi connectivity index (χ2v) is 9.38. The molecule has 3 aromatic rings. The first kappa shape index (κ1) is 26.6. The van der Waals surface area contributed by atoms with Crippen molar-refractivity contribution in [2.45, 2.75) is 25.4 Å². The smallest absolute Gasteiger partial charge is 0.356 e. The summed E-state index contributed by atoms with van der Waals surface area (Å²) < 4.78 is 54.2. The first-order valence-electron chi connectivity index (χ1n) is 11.7. The molecule has 4 rings (SSSR count). The molecule has 0 spiro atoms. The van der Waals surface area contributed by atoms with Gasteiger partial charge >= 0.3 is 6.18 Å². The second kappa shape index (κ2) is 10.9. The number of hydrogen-bond acceptors (Lipinski definition) is 3. The zero-order valence-electron chi connectivity index (χ0n) is 20.0. The third-order valence-corrected chi connectivity index (χ3v) is 6.88. The maximum absolute atomic E-state index is 13.6. The first-order valence-corrected chi connectivity index (χ1v) is 12.1. The number of pyridine rings is 1. The van der Waals surface area contributed by atoms with Crippen molar-refractivity contribution in [1.29, 1.82) is 0 Å². The fourth-order valence-electron chi connectivity index (χ4n) is 4.70. The van der Waals surface area contributed by atoms with Crippen LogP contribution in [0.25, 0.3) is 5.57 Å². The van der Waals surface area contributed by atoms with Crippen LogP contribution in [0.2, 0.25) is 5.02 Å². The lowest BCUT2D eigenvalue weighted by molar-refractivity contribution is -0.137. The maximum atomic E-state index is 13.6. The summed E-state index contributed by atoms with van der Waals surface area (Å²) in [5.74, 6) is -0.339. The van der Waals surface area contributed by atoms with Gasteiger partial charge in [-0.15, -0.1) is 0 Å². The summed E-state index contributed by atoms with van der Waals surface area (Å²) >= 11 is 5.88. The Hall–Kier alpha value is -3.42. The number of benzene rings is 2. The molecule has 37 heavy (non-hydrogen) atoms. The van der Waals surface area contributed by atoms with Gasteiger partial charge in [0.25, 0.3) is 0 Å². The van der Waals surface area contributed by atoms with E-state index in [2.05, 4.69) is 16.9 Å². The molecule has 192 valence electrons. The zero-order chi connectivity index (χ0) is 26.6. The van der Waals surface area contributed by atoms with E-state index < -0.39 is 17.2 Å². The Morgan fingerprint density at radius 1 is 1.11 bits per heavy atom. The van der Waals surface area contributed by atoms with E-state index in [0.717, 1.165) is 17.3 Å². The highest BCUT2D eigenvalue weighted by molar-refractivity contribution is 6.31. The molecule has 0 saturated carbocycles. The van der Waals surface area contributed by atoms with Crippen molar-refractivity contribution in [2.75, 3.05) is 11.9 Å². The van der Waals surface area contributed by atoms with E-state index in [-0.39, 0.29) is 17.3 Å². The summed E-state index contributed by atoms with van der Waals surface area (Å²) in [6.45, 7) is 4.71. The number of rotatable bonds is 8. The monoisotopic (exact) mass is 527 g/mol. The van der Waals surface area contributed by atoms with E-state index >= 15 is 0 Å². The van der Waals surface area contributed by atoms with E-state index in [9.17, 15) is 17.6 Å². The van der Waals surface area contributed by atoms with Crippen molar-refractivity contribution in [2.24, 2.45) is 11.1 Å². The van der Waals surface area contributed by atoms with E-state index in [1.807, 2.05) is 24.3 Å². The van der Waals surface area contributed by atoms with E-state index in [0.29, 0.717) is 41.9 Å². The molecule has 0 radical (unpaired) electrons. The summed E-state index contributed by atoms with van der Waals surface area (Å²) in [5, 5.41) is 2.93. The molecule has 1 aliphatic carbocycles. The summed E-state index contributed by atoms with van der Waals surface area (Å²) in [5.41, 5.74) is 8.58. The van der Waals surface area contributed by atoms with Gasteiger partial charge in [-0.2, -0.15) is 13.2 Å². The van der Waals surface area contributed by atoms with Gasteiger partial charge in [0.05, 0.1) is 16.3 Å². The quantitative estimate of drug-likeness (QED) is 0.294. The van der Waals surface area contributed by atoms with Crippen LogP contribution in [0.3, 0.4) is 0 Å². The van der Waals surface area contributed by atoms with Gasteiger partial charge in [0, 0.05) is 23.0 Å². The topological polar surface area (TPSA) is 50.9 Å². The van der Waals surface area contributed by atoms with Crippen LogP contribution in [-0.2, 0) is 12.6 Å². The maximum Gasteiger partial charge on any atom is 0.417 e. The molecule has 0 amide bonds. The first-order chi connectivity index (χ1) is 17.6. The Balaban J connectivity index is 1.78. The third-order valence-electron chi connectivity index (χ3n) is 6.56. The van der Waals surface area contributed by atoms with E-state index in [1.54, 1.807) is 30.5 Å². The van der Waals surface area contributed by atoms with Crippen LogP contribution in [0, 0.1) is 11.2 Å². The van der Waals surface area contributed by atoms with E-state index in [4.69, 9.17) is 17.3 Å². The van der Waals surface area contributed by atoms with E-state index in [1.165, 1.54) is 18.2 Å². The summed E-state index contributed by atoms with van der Waals surface area (Å²) in [6, 6.07) is 15.5. The van der Waals surface area contributed by atoms with Gasteiger partial charge < -0.3 is 11.1 Å². The molecule has 1 aromatic heterocycles. The molecule has 3 N–H and O–H groups in total. The average molecular weight is 528 g/mol. The highest BCUT2D eigenvalue weighted by atomic mass is 35.5. The number of anilines is 1. The molecular formula is C29H26ClF4N3. The molecule has 0 fully saturated rings. The number of aromatic nitrogens is 1. The summed E-state index contributed by atoms with van der Waals surface area (Å²) in [4.78, 5) is 4.47. The van der Waals surface area contributed by atoms with Crippen molar-refractivity contribution in [1.82, 2.24) is 4.98 Å². The number of nitrogens with one attached hydrogen (secondary N) is 1. The van der Waals surface area contributed by atoms with Gasteiger partial charge in [-0.1, -0.05) is 42.0 Å². The minimum atomic E-state index is -4.58. The largest absolute Gasteiger partial charge is 0.417 e. The number of hydrogen-bond donors (Lipinski definition) is 2. The average Bonchev–Trinajstić information content (AvgIpc) is 2.88. The Kier molecular flexibility index (Phi) is 7.85. The van der Waals surface area contributed by atoms with Crippen LogP contribution in [0.15, 0.2) is 96.9 Å². The molecule has 1 unspecified atom stereocenters. The van der Waals surface area contributed by atoms with Gasteiger partial charge in [-0.3, -0.25) is 4.98 Å². The second-order valence-electron chi connectivity index (χ2n) is 8.97. The SMILES string of the molecule is C=C(c1ccccn1)C1(Cc2ccc(Cl)c(C(F)(F)F)c2)CC=C(Nc2ccc(F)cc2)C=C1CCN.